The Kier molecular flexibility index (Phi) is 1.70. The molecule has 0 saturated heterocycles. The van der Waals surface area contributed by atoms with Gasteiger partial charge in [-0.1, -0.05) is 12.1 Å². The Bertz CT molecular complexity index is 317. The number of hydrogen-bond acceptors (Lipinski definition) is 2. The highest BCUT2D eigenvalue weighted by molar-refractivity contribution is 6.03. The summed E-state index contributed by atoms with van der Waals surface area (Å²) in [5, 5.41) is 6.50. The normalized spacial score (nSPS) is 17.9. The highest BCUT2D eigenvalue weighted by atomic mass is 15.1. The Morgan fingerprint density at radius 2 is 2.00 bits per heavy atom. The number of benzene rings is 1. The second-order valence-electron chi connectivity index (χ2n) is 2.69. The third-order valence-electron chi connectivity index (χ3n) is 1.92. The molecule has 0 unspecified atom stereocenters. The van der Waals surface area contributed by atoms with E-state index in [-0.39, 0.29) is 0 Å². The molecule has 0 aliphatic carbocycles. The molecule has 1 heterocycles. The van der Waals surface area contributed by atoms with Gasteiger partial charge in [-0.2, -0.15) is 0 Å². The molecule has 0 bridgehead atoms. The minimum Gasteiger partial charge on any atom is -0.376 e. The fourth-order valence-electron chi connectivity index (χ4n) is 1.26. The molecule has 3 heteroatoms. The maximum atomic E-state index is 4.09. The van der Waals surface area contributed by atoms with Crippen LogP contribution in [0.2, 0.25) is 0 Å². The summed E-state index contributed by atoms with van der Waals surface area (Å²) in [5.74, 6) is 0.980. The average molecular weight is 161 g/mol. The van der Waals surface area contributed by atoms with Gasteiger partial charge in [0.2, 0.25) is 0 Å². The smallest absolute Gasteiger partial charge is 0.120 e. The fourth-order valence-corrected chi connectivity index (χ4v) is 1.26. The summed E-state index contributed by atoms with van der Waals surface area (Å²) in [6.45, 7) is 0.785. The molecule has 12 heavy (non-hydrogen) atoms. The quantitative estimate of drug-likeness (QED) is 0.605. The van der Waals surface area contributed by atoms with Crippen LogP contribution in [-0.2, 0) is 0 Å². The zero-order valence-corrected chi connectivity index (χ0v) is 6.96. The van der Waals surface area contributed by atoms with Gasteiger partial charge in [0.1, 0.15) is 5.84 Å². The van der Waals surface area contributed by atoms with Crippen molar-refractivity contribution in [1.29, 1.82) is 0 Å². The highest BCUT2D eigenvalue weighted by Gasteiger charge is 2.09. The molecule has 0 amide bonds. The van der Waals surface area contributed by atoms with E-state index >= 15 is 0 Å². The Balaban J connectivity index is 2.35. The number of aliphatic imine (C=N–C) groups is 1. The summed E-state index contributed by atoms with van der Waals surface area (Å²) >= 11 is 0. The lowest BCUT2D eigenvalue weighted by molar-refractivity contribution is 1.28. The monoisotopic (exact) mass is 161 g/mol. The molecule has 62 valence electrons. The molecule has 1 aromatic carbocycles. The first kappa shape index (κ1) is 7.16. The number of rotatable bonds is 0. The number of anilines is 2. The number of nitrogens with one attached hydrogen (secondary N) is 2. The molecule has 0 radical (unpaired) electrons. The van der Waals surface area contributed by atoms with Gasteiger partial charge in [-0.25, -0.2) is 0 Å². The summed E-state index contributed by atoms with van der Waals surface area (Å²) in [7, 11) is 1.79. The minimum atomic E-state index is 0.785. The van der Waals surface area contributed by atoms with E-state index in [1.54, 1.807) is 7.05 Å². The maximum absolute atomic E-state index is 4.09. The van der Waals surface area contributed by atoms with Gasteiger partial charge < -0.3 is 10.6 Å². The van der Waals surface area contributed by atoms with Crippen LogP contribution in [0.15, 0.2) is 29.3 Å². The zero-order valence-electron chi connectivity index (χ0n) is 6.96. The summed E-state index contributed by atoms with van der Waals surface area (Å²) in [5.41, 5.74) is 2.24. The Labute approximate surface area is 71.5 Å². The van der Waals surface area contributed by atoms with E-state index in [0.29, 0.717) is 0 Å². The SMILES string of the molecule is CN=C1CNc2ccccc2N1. The average Bonchev–Trinajstić information content (AvgIpc) is 2.17. The molecule has 0 spiro atoms. The van der Waals surface area contributed by atoms with E-state index in [9.17, 15) is 0 Å². The fraction of sp³-hybridized carbons (Fsp3) is 0.222. The molecular weight excluding hydrogens is 150 g/mol. The molecule has 1 aromatic rings. The molecule has 2 rings (SSSR count). The van der Waals surface area contributed by atoms with E-state index in [1.165, 1.54) is 0 Å². The van der Waals surface area contributed by atoms with Crippen LogP contribution in [0.1, 0.15) is 0 Å². The van der Waals surface area contributed by atoms with Gasteiger partial charge in [-0.3, -0.25) is 4.99 Å². The van der Waals surface area contributed by atoms with E-state index in [4.69, 9.17) is 0 Å². The van der Waals surface area contributed by atoms with Crippen molar-refractivity contribution >= 4 is 17.2 Å². The van der Waals surface area contributed by atoms with Crippen molar-refractivity contribution in [2.75, 3.05) is 24.2 Å². The van der Waals surface area contributed by atoms with Crippen LogP contribution in [0.3, 0.4) is 0 Å². The minimum absolute atomic E-state index is 0.785. The molecule has 0 fully saturated rings. The molecule has 0 saturated carbocycles. The molecule has 2 N–H and O–H groups in total. The second kappa shape index (κ2) is 2.85. The van der Waals surface area contributed by atoms with Gasteiger partial charge in [-0.05, 0) is 12.1 Å². The summed E-state index contributed by atoms with van der Waals surface area (Å²) < 4.78 is 0. The van der Waals surface area contributed by atoms with Crippen LogP contribution in [0.4, 0.5) is 11.4 Å². The lowest BCUT2D eigenvalue weighted by Crippen LogP contribution is -2.27. The maximum Gasteiger partial charge on any atom is 0.120 e. The van der Waals surface area contributed by atoms with Crippen molar-refractivity contribution in [3.05, 3.63) is 24.3 Å². The second-order valence-corrected chi connectivity index (χ2v) is 2.69. The molecule has 0 aromatic heterocycles. The van der Waals surface area contributed by atoms with Crippen LogP contribution in [0.5, 0.6) is 0 Å². The first-order valence-corrected chi connectivity index (χ1v) is 3.96. The molecule has 0 atom stereocenters. The van der Waals surface area contributed by atoms with Crippen molar-refractivity contribution < 1.29 is 0 Å². The van der Waals surface area contributed by atoms with Crippen LogP contribution < -0.4 is 10.6 Å². The summed E-state index contributed by atoms with van der Waals surface area (Å²) in [6, 6.07) is 8.11. The Hall–Kier alpha value is -1.51. The predicted molar refractivity (Wildman–Crippen MR) is 51.9 cm³/mol. The van der Waals surface area contributed by atoms with Crippen molar-refractivity contribution in [1.82, 2.24) is 0 Å². The van der Waals surface area contributed by atoms with E-state index in [2.05, 4.69) is 21.7 Å². The molecule has 1 aliphatic rings. The lowest BCUT2D eigenvalue weighted by Gasteiger charge is -2.20. The number of hydrogen-bond donors (Lipinski definition) is 2. The van der Waals surface area contributed by atoms with Crippen LogP contribution >= 0.6 is 0 Å². The zero-order chi connectivity index (χ0) is 8.39. The standard InChI is InChI=1S/C9H11N3/c1-10-9-6-11-7-4-2-3-5-8(7)12-9/h2-5,11H,6H2,1H3,(H,10,12). The van der Waals surface area contributed by atoms with Gasteiger partial charge >= 0.3 is 0 Å². The third kappa shape index (κ3) is 1.13. The predicted octanol–water partition coefficient (Wildman–Crippen LogP) is 1.55. The van der Waals surface area contributed by atoms with E-state index < -0.39 is 0 Å². The largest absolute Gasteiger partial charge is 0.376 e. The van der Waals surface area contributed by atoms with Crippen molar-refractivity contribution in [2.24, 2.45) is 4.99 Å². The molecule has 3 nitrogen and oxygen atoms in total. The number of nitrogens with zero attached hydrogens (tertiary/aromatic N) is 1. The summed E-state index contributed by atoms with van der Waals surface area (Å²) in [4.78, 5) is 4.09. The first-order chi connectivity index (χ1) is 5.90. The van der Waals surface area contributed by atoms with Crippen molar-refractivity contribution in [3.8, 4) is 0 Å². The first-order valence-electron chi connectivity index (χ1n) is 3.96. The topological polar surface area (TPSA) is 36.4 Å². The van der Waals surface area contributed by atoms with Gasteiger partial charge in [0, 0.05) is 7.05 Å². The lowest BCUT2D eigenvalue weighted by atomic mass is 10.2. The number of fused-ring (bicyclic) bond motifs is 1. The Morgan fingerprint density at radius 1 is 1.25 bits per heavy atom. The van der Waals surface area contributed by atoms with Crippen molar-refractivity contribution in [2.45, 2.75) is 0 Å². The summed E-state index contributed by atoms with van der Waals surface area (Å²) in [6.07, 6.45) is 0. The van der Waals surface area contributed by atoms with Gasteiger partial charge in [0.25, 0.3) is 0 Å². The van der Waals surface area contributed by atoms with Gasteiger partial charge in [-0.15, -0.1) is 0 Å². The van der Waals surface area contributed by atoms with Gasteiger partial charge in [0.05, 0.1) is 17.9 Å². The third-order valence-corrected chi connectivity index (χ3v) is 1.92. The highest BCUT2D eigenvalue weighted by Crippen LogP contribution is 2.23. The van der Waals surface area contributed by atoms with Gasteiger partial charge in [0.15, 0.2) is 0 Å². The van der Waals surface area contributed by atoms with E-state index in [0.717, 1.165) is 23.8 Å². The van der Waals surface area contributed by atoms with Crippen LogP contribution in [-0.4, -0.2) is 19.4 Å². The molecular formula is C9H11N3. The van der Waals surface area contributed by atoms with E-state index in [1.807, 2.05) is 18.2 Å². The Morgan fingerprint density at radius 3 is 2.75 bits per heavy atom. The van der Waals surface area contributed by atoms with Crippen LogP contribution in [0, 0.1) is 0 Å². The molecule has 1 aliphatic heterocycles. The number of para-hydroxylation sites is 2. The van der Waals surface area contributed by atoms with Crippen LogP contribution in [0.25, 0.3) is 0 Å². The number of amidine groups is 1. The van der Waals surface area contributed by atoms with Crippen molar-refractivity contribution in [3.63, 3.8) is 0 Å².